The van der Waals surface area contributed by atoms with Gasteiger partial charge >= 0.3 is 0 Å². The van der Waals surface area contributed by atoms with Gasteiger partial charge in [0.05, 0.1) is 30.6 Å². The van der Waals surface area contributed by atoms with Crippen LogP contribution in [0.4, 0.5) is 0 Å². The molecule has 0 spiro atoms. The van der Waals surface area contributed by atoms with Crippen molar-refractivity contribution in [3.8, 4) is 11.3 Å². The number of aliphatic hydroxyl groups is 1. The van der Waals surface area contributed by atoms with Crippen LogP contribution in [-0.2, 0) is 6.54 Å². The quantitative estimate of drug-likeness (QED) is 0.335. The van der Waals surface area contributed by atoms with Crippen LogP contribution in [0.2, 0.25) is 0 Å². The Labute approximate surface area is 178 Å². The van der Waals surface area contributed by atoms with Gasteiger partial charge in [0.25, 0.3) is 0 Å². The summed E-state index contributed by atoms with van der Waals surface area (Å²) in [6.45, 7) is 3.91. The summed E-state index contributed by atoms with van der Waals surface area (Å²) in [6, 6.07) is 10.2. The molecule has 1 aromatic heterocycles. The number of H-pyrrole nitrogens is 1. The van der Waals surface area contributed by atoms with Gasteiger partial charge in [0, 0.05) is 13.6 Å². The van der Waals surface area contributed by atoms with Gasteiger partial charge in [-0.3, -0.25) is 4.99 Å². The molecule has 0 bridgehead atoms. The molecular formula is C20H30IN5O. The topological polar surface area (TPSA) is 76.5 Å². The largest absolute Gasteiger partial charge is 0.388 e. The average molecular weight is 483 g/mol. The van der Waals surface area contributed by atoms with Gasteiger partial charge in [-0.15, -0.1) is 24.0 Å². The van der Waals surface area contributed by atoms with Crippen LogP contribution in [-0.4, -0.2) is 51.7 Å². The summed E-state index contributed by atoms with van der Waals surface area (Å²) in [5.74, 6) is 1.68. The highest BCUT2D eigenvalue weighted by molar-refractivity contribution is 14.0. The number of rotatable bonds is 6. The summed E-state index contributed by atoms with van der Waals surface area (Å²) in [5.41, 5.74) is 1.50. The molecule has 1 heterocycles. The summed E-state index contributed by atoms with van der Waals surface area (Å²) >= 11 is 0. The Bertz CT molecular complexity index is 725. The molecule has 0 atom stereocenters. The standard InChI is InChI=1S/C20H29N5O.HI/c1-3-21-19(23-15-20(26)11-7-8-12-20)25(2)14-18-22-13-17(24-18)16-9-5-4-6-10-16;/h4-6,9-10,13,26H,3,7-8,11-12,14-15H2,1-2H3,(H,21,23)(H,22,24);1H. The monoisotopic (exact) mass is 483 g/mol. The molecule has 0 radical (unpaired) electrons. The molecule has 0 amide bonds. The van der Waals surface area contributed by atoms with E-state index in [2.05, 4.69) is 32.4 Å². The summed E-state index contributed by atoms with van der Waals surface area (Å²) in [5, 5.41) is 13.8. The fraction of sp³-hybridized carbons (Fsp3) is 0.500. The molecule has 27 heavy (non-hydrogen) atoms. The van der Waals surface area contributed by atoms with Crippen molar-refractivity contribution in [2.24, 2.45) is 4.99 Å². The Morgan fingerprint density at radius 3 is 2.67 bits per heavy atom. The van der Waals surface area contributed by atoms with Gasteiger partial charge < -0.3 is 20.3 Å². The number of hydrogen-bond acceptors (Lipinski definition) is 3. The third kappa shape index (κ3) is 5.93. The summed E-state index contributed by atoms with van der Waals surface area (Å²) in [6.07, 6.45) is 5.74. The van der Waals surface area contributed by atoms with E-state index in [0.29, 0.717) is 13.1 Å². The highest BCUT2D eigenvalue weighted by Gasteiger charge is 2.31. The lowest BCUT2D eigenvalue weighted by Gasteiger charge is -2.24. The fourth-order valence-corrected chi connectivity index (χ4v) is 3.39. The van der Waals surface area contributed by atoms with Crippen LogP contribution in [0.3, 0.4) is 0 Å². The van der Waals surface area contributed by atoms with Crippen LogP contribution < -0.4 is 5.32 Å². The molecule has 0 unspecified atom stereocenters. The maximum Gasteiger partial charge on any atom is 0.194 e. The zero-order valence-electron chi connectivity index (χ0n) is 16.1. The van der Waals surface area contributed by atoms with Crippen molar-refractivity contribution in [3.05, 3.63) is 42.4 Å². The molecular weight excluding hydrogens is 453 g/mol. The van der Waals surface area contributed by atoms with E-state index in [-0.39, 0.29) is 24.0 Å². The molecule has 7 heteroatoms. The number of aliphatic imine (C=N–C) groups is 1. The molecule has 1 fully saturated rings. The van der Waals surface area contributed by atoms with Crippen LogP contribution >= 0.6 is 24.0 Å². The number of imidazole rings is 1. The van der Waals surface area contributed by atoms with Crippen LogP contribution in [0.1, 0.15) is 38.4 Å². The van der Waals surface area contributed by atoms with E-state index in [1.165, 1.54) is 0 Å². The minimum absolute atomic E-state index is 0. The Morgan fingerprint density at radius 1 is 1.30 bits per heavy atom. The van der Waals surface area contributed by atoms with E-state index in [1.807, 2.05) is 43.3 Å². The molecule has 3 rings (SSSR count). The molecule has 0 aliphatic heterocycles. The van der Waals surface area contributed by atoms with Crippen molar-refractivity contribution in [1.82, 2.24) is 20.2 Å². The lowest BCUT2D eigenvalue weighted by atomic mass is 10.0. The molecule has 1 aromatic carbocycles. The third-order valence-electron chi connectivity index (χ3n) is 4.85. The van der Waals surface area contributed by atoms with Gasteiger partial charge in [0.15, 0.2) is 5.96 Å². The average Bonchev–Trinajstić information content (AvgIpc) is 3.29. The van der Waals surface area contributed by atoms with E-state index in [0.717, 1.165) is 55.3 Å². The predicted molar refractivity (Wildman–Crippen MR) is 120 cm³/mol. The second kappa shape index (κ2) is 10.1. The highest BCUT2D eigenvalue weighted by Crippen LogP contribution is 2.29. The van der Waals surface area contributed by atoms with Crippen LogP contribution in [0.25, 0.3) is 11.3 Å². The summed E-state index contributed by atoms with van der Waals surface area (Å²) in [4.78, 5) is 14.6. The first-order valence-corrected chi connectivity index (χ1v) is 9.41. The first kappa shape index (κ1) is 21.7. The number of nitrogens with zero attached hydrogens (tertiary/aromatic N) is 3. The molecule has 1 aliphatic carbocycles. The van der Waals surface area contributed by atoms with Crippen molar-refractivity contribution < 1.29 is 5.11 Å². The Balaban J connectivity index is 0.00000261. The molecule has 2 aromatic rings. The smallest absolute Gasteiger partial charge is 0.194 e. The second-order valence-electron chi connectivity index (χ2n) is 7.07. The molecule has 3 N–H and O–H groups in total. The number of nitrogens with one attached hydrogen (secondary N) is 2. The van der Waals surface area contributed by atoms with Gasteiger partial charge in [0.1, 0.15) is 5.82 Å². The second-order valence-corrected chi connectivity index (χ2v) is 7.07. The van der Waals surface area contributed by atoms with Crippen LogP contribution in [0.15, 0.2) is 41.5 Å². The van der Waals surface area contributed by atoms with Crippen molar-refractivity contribution >= 4 is 29.9 Å². The Kier molecular flexibility index (Phi) is 8.09. The van der Waals surface area contributed by atoms with Gasteiger partial charge in [-0.2, -0.15) is 0 Å². The lowest BCUT2D eigenvalue weighted by Crippen LogP contribution is -2.40. The number of aromatic nitrogens is 2. The first-order chi connectivity index (χ1) is 12.6. The summed E-state index contributed by atoms with van der Waals surface area (Å²) in [7, 11) is 1.99. The van der Waals surface area contributed by atoms with Crippen molar-refractivity contribution in [2.75, 3.05) is 20.1 Å². The first-order valence-electron chi connectivity index (χ1n) is 9.41. The fourth-order valence-electron chi connectivity index (χ4n) is 3.39. The van der Waals surface area contributed by atoms with Crippen molar-refractivity contribution in [2.45, 2.75) is 44.8 Å². The molecule has 6 nitrogen and oxygen atoms in total. The minimum atomic E-state index is -0.632. The molecule has 1 saturated carbocycles. The zero-order valence-corrected chi connectivity index (χ0v) is 18.4. The molecule has 1 aliphatic rings. The number of aromatic amines is 1. The maximum atomic E-state index is 10.5. The van der Waals surface area contributed by atoms with Gasteiger partial charge in [-0.25, -0.2) is 4.98 Å². The zero-order chi connectivity index (χ0) is 18.4. The van der Waals surface area contributed by atoms with Crippen LogP contribution in [0, 0.1) is 0 Å². The third-order valence-corrected chi connectivity index (χ3v) is 4.85. The van der Waals surface area contributed by atoms with Gasteiger partial charge in [0.2, 0.25) is 0 Å². The SMILES string of the molecule is CCNC(=NCC1(O)CCCC1)N(C)Cc1ncc(-c2ccccc2)[nH]1.I. The molecule has 148 valence electrons. The number of benzene rings is 1. The number of hydrogen-bond donors (Lipinski definition) is 3. The van der Waals surface area contributed by atoms with E-state index in [1.54, 1.807) is 0 Å². The normalized spacial score (nSPS) is 16.0. The highest BCUT2D eigenvalue weighted by atomic mass is 127. The summed E-state index contributed by atoms with van der Waals surface area (Å²) < 4.78 is 0. The van der Waals surface area contributed by atoms with Gasteiger partial charge in [-0.05, 0) is 25.3 Å². The van der Waals surface area contributed by atoms with Crippen molar-refractivity contribution in [3.63, 3.8) is 0 Å². The lowest BCUT2D eigenvalue weighted by molar-refractivity contribution is 0.0572. The van der Waals surface area contributed by atoms with Crippen molar-refractivity contribution in [1.29, 1.82) is 0 Å². The van der Waals surface area contributed by atoms with E-state index in [4.69, 9.17) is 0 Å². The minimum Gasteiger partial charge on any atom is -0.388 e. The van der Waals surface area contributed by atoms with E-state index in [9.17, 15) is 5.11 Å². The number of halogens is 1. The Morgan fingerprint density at radius 2 is 2.00 bits per heavy atom. The number of guanidine groups is 1. The Hall–Kier alpha value is -1.61. The van der Waals surface area contributed by atoms with E-state index >= 15 is 0 Å². The van der Waals surface area contributed by atoms with Crippen LogP contribution in [0.5, 0.6) is 0 Å². The maximum absolute atomic E-state index is 10.5. The van der Waals surface area contributed by atoms with E-state index < -0.39 is 5.60 Å². The molecule has 0 saturated heterocycles. The van der Waals surface area contributed by atoms with Gasteiger partial charge in [-0.1, -0.05) is 43.2 Å². The predicted octanol–water partition coefficient (Wildman–Crippen LogP) is 3.40.